The molecule has 0 aromatic heterocycles. The highest BCUT2D eigenvalue weighted by Gasteiger charge is 2.47. The lowest BCUT2D eigenvalue weighted by Gasteiger charge is -2.41. The Morgan fingerprint density at radius 3 is 1.33 bits per heavy atom. The minimum Gasteiger partial charge on any atom is -0.454 e. The molecule has 1 rings (SSSR count). The van der Waals surface area contributed by atoms with E-state index >= 15 is 0 Å². The van der Waals surface area contributed by atoms with Crippen LogP contribution in [0.25, 0.3) is 0 Å². The van der Waals surface area contributed by atoms with Crippen molar-refractivity contribution in [3.8, 4) is 0 Å². The number of unbranched alkanes of at least 4 members (excludes halogenated alkanes) is 39. The Kier molecular flexibility index (Phi) is 52.5. The molecule has 6 N–H and O–H groups in total. The van der Waals surface area contributed by atoms with Crippen LogP contribution in [-0.4, -0.2) is 99.6 Å². The second-order valence-corrected chi connectivity index (χ2v) is 23.2. The summed E-state index contributed by atoms with van der Waals surface area (Å²) in [7, 11) is 0. The lowest BCUT2D eigenvalue weighted by atomic mass is 9.99. The molecular weight excluding hydrogens is 979 g/mol. The second-order valence-electron chi connectivity index (χ2n) is 23.2. The van der Waals surface area contributed by atoms with Gasteiger partial charge in [-0.3, -0.25) is 9.59 Å². The van der Waals surface area contributed by atoms with Gasteiger partial charge in [0.15, 0.2) is 12.4 Å². The fourth-order valence-electron chi connectivity index (χ4n) is 10.5. The molecule has 0 aromatic rings. The van der Waals surface area contributed by atoms with E-state index in [9.17, 15) is 35.1 Å². The summed E-state index contributed by atoms with van der Waals surface area (Å²) in [6, 6.07) is -1.02. The first-order valence-corrected chi connectivity index (χ1v) is 33.3. The fourth-order valence-corrected chi connectivity index (χ4v) is 10.5. The lowest BCUT2D eigenvalue weighted by molar-refractivity contribution is -0.305. The molecular formula is C67H125NO10. The van der Waals surface area contributed by atoms with Crippen molar-refractivity contribution in [2.75, 3.05) is 13.2 Å². The van der Waals surface area contributed by atoms with Gasteiger partial charge in [0.1, 0.15) is 24.4 Å². The number of rotatable bonds is 57. The largest absolute Gasteiger partial charge is 0.454 e. The number of carbonyl (C=O) groups excluding carboxylic acids is 2. The van der Waals surface area contributed by atoms with Gasteiger partial charge in [0.25, 0.3) is 0 Å². The van der Waals surface area contributed by atoms with E-state index < -0.39 is 67.4 Å². The number of hydrogen-bond donors (Lipinski definition) is 6. The van der Waals surface area contributed by atoms with Crippen LogP contribution in [0.4, 0.5) is 0 Å². The Morgan fingerprint density at radius 1 is 0.500 bits per heavy atom. The maximum absolute atomic E-state index is 13.5. The highest BCUT2D eigenvalue weighted by Crippen LogP contribution is 2.26. The number of aliphatic hydroxyl groups excluding tert-OH is 5. The maximum atomic E-state index is 13.5. The van der Waals surface area contributed by atoms with E-state index in [0.717, 1.165) is 64.2 Å². The van der Waals surface area contributed by atoms with Gasteiger partial charge in [0, 0.05) is 6.42 Å². The quantitative estimate of drug-likeness (QED) is 0.0195. The summed E-state index contributed by atoms with van der Waals surface area (Å²) >= 11 is 0. The van der Waals surface area contributed by atoms with Crippen molar-refractivity contribution in [3.05, 3.63) is 36.5 Å². The van der Waals surface area contributed by atoms with E-state index in [-0.39, 0.29) is 13.0 Å². The number of allylic oxidation sites excluding steroid dienone is 5. The molecule has 0 saturated carbocycles. The number of nitrogens with one attached hydrogen (secondary N) is 1. The molecule has 0 radical (unpaired) electrons. The summed E-state index contributed by atoms with van der Waals surface area (Å²) in [5, 5.41) is 57.0. The van der Waals surface area contributed by atoms with Gasteiger partial charge in [-0.05, 0) is 57.8 Å². The molecule has 1 aliphatic heterocycles. The summed E-state index contributed by atoms with van der Waals surface area (Å²) in [5.41, 5.74) is 0. The highest BCUT2D eigenvalue weighted by atomic mass is 16.7. The van der Waals surface area contributed by atoms with Gasteiger partial charge in [-0.2, -0.15) is 0 Å². The molecule has 8 unspecified atom stereocenters. The molecule has 1 amide bonds. The third-order valence-electron chi connectivity index (χ3n) is 15.8. The van der Waals surface area contributed by atoms with Gasteiger partial charge in [-0.25, -0.2) is 0 Å². The van der Waals surface area contributed by atoms with Gasteiger partial charge in [-0.1, -0.05) is 288 Å². The van der Waals surface area contributed by atoms with E-state index in [1.165, 1.54) is 205 Å². The summed E-state index contributed by atoms with van der Waals surface area (Å²) in [6.45, 7) is 5.79. The maximum Gasteiger partial charge on any atom is 0.306 e. The lowest BCUT2D eigenvalue weighted by Crippen LogP contribution is -2.61. The Labute approximate surface area is 479 Å². The van der Waals surface area contributed by atoms with Crippen LogP contribution >= 0.6 is 0 Å². The van der Waals surface area contributed by atoms with Crippen LogP contribution < -0.4 is 5.32 Å². The van der Waals surface area contributed by atoms with Crippen molar-refractivity contribution >= 4 is 11.9 Å². The minimum absolute atomic E-state index is 0.129. The molecule has 78 heavy (non-hydrogen) atoms. The second kappa shape index (κ2) is 55.4. The molecule has 1 saturated heterocycles. The topological polar surface area (TPSA) is 175 Å². The standard InChI is InChI=1S/C67H125NO10/c1-4-7-10-13-16-19-22-25-26-27-28-29-30-31-32-33-34-35-37-39-42-45-48-51-54-60(71)66(75)68-58(59(70)53-50-47-44-41-38-24-21-18-15-12-9-6-3)57-76-67-65(64(74)63(73)61(56-69)77-67)78-62(72)55-52-49-46-43-40-36-23-20-17-14-11-8-5-2/h16,19,25-26,50,53,58-61,63-65,67,69-71,73-74H,4-15,17-18,20-24,27-49,51-52,54-57H2,1-3H3,(H,68,75)/b19-16-,26-25-,53-50+. The Morgan fingerprint density at radius 2 is 0.885 bits per heavy atom. The Hall–Kier alpha value is -2.12. The van der Waals surface area contributed by atoms with Gasteiger partial charge < -0.3 is 45.1 Å². The fraction of sp³-hybridized carbons (Fsp3) is 0.881. The van der Waals surface area contributed by atoms with Crippen LogP contribution in [0.15, 0.2) is 36.5 Å². The first-order chi connectivity index (χ1) is 38.2. The zero-order chi connectivity index (χ0) is 56.8. The van der Waals surface area contributed by atoms with Gasteiger partial charge >= 0.3 is 5.97 Å². The molecule has 11 nitrogen and oxygen atoms in total. The average molecular weight is 1100 g/mol. The smallest absolute Gasteiger partial charge is 0.306 e. The van der Waals surface area contributed by atoms with Gasteiger partial charge in [-0.15, -0.1) is 0 Å². The van der Waals surface area contributed by atoms with Crippen molar-refractivity contribution in [1.82, 2.24) is 5.32 Å². The Balaban J connectivity index is 2.58. The first kappa shape index (κ1) is 73.9. The number of aliphatic hydroxyl groups is 5. The summed E-state index contributed by atoms with van der Waals surface area (Å²) in [4.78, 5) is 26.6. The minimum atomic E-state index is -1.61. The van der Waals surface area contributed by atoms with Crippen molar-refractivity contribution in [2.45, 2.75) is 365 Å². The molecule has 1 aliphatic rings. The number of hydrogen-bond acceptors (Lipinski definition) is 10. The van der Waals surface area contributed by atoms with Crippen LogP contribution in [-0.2, 0) is 23.8 Å². The van der Waals surface area contributed by atoms with Crippen molar-refractivity contribution in [2.24, 2.45) is 0 Å². The molecule has 0 aromatic carbocycles. The van der Waals surface area contributed by atoms with E-state index in [4.69, 9.17) is 14.2 Å². The molecule has 458 valence electrons. The summed E-state index contributed by atoms with van der Waals surface area (Å²) in [6.07, 6.45) is 56.2. The SMILES string of the molecule is CCCCC/C=C\C/C=C\CCCCCCCCCCCCCCCCC(O)C(=O)NC(COC1OC(CO)C(O)C(O)C1OC(=O)CCCCCCCCCCCCCCC)C(O)/C=C/CCCCCCCCCCCC. The number of ether oxygens (including phenoxy) is 3. The van der Waals surface area contributed by atoms with E-state index in [1.54, 1.807) is 6.08 Å². The zero-order valence-corrected chi connectivity index (χ0v) is 50.8. The van der Waals surface area contributed by atoms with E-state index in [0.29, 0.717) is 19.3 Å². The molecule has 11 heteroatoms. The third-order valence-corrected chi connectivity index (χ3v) is 15.8. The van der Waals surface area contributed by atoms with Crippen LogP contribution in [0, 0.1) is 0 Å². The monoisotopic (exact) mass is 1100 g/mol. The van der Waals surface area contributed by atoms with Crippen molar-refractivity contribution < 1.29 is 49.3 Å². The predicted octanol–water partition coefficient (Wildman–Crippen LogP) is 16.2. The number of amides is 1. The molecule has 0 spiro atoms. The predicted molar refractivity (Wildman–Crippen MR) is 324 cm³/mol. The van der Waals surface area contributed by atoms with E-state index in [2.05, 4.69) is 50.4 Å². The zero-order valence-electron chi connectivity index (χ0n) is 50.8. The highest BCUT2D eigenvalue weighted by molar-refractivity contribution is 5.80. The Bertz CT molecular complexity index is 1410. The molecule has 8 atom stereocenters. The number of esters is 1. The third kappa shape index (κ3) is 42.7. The van der Waals surface area contributed by atoms with Gasteiger partial charge in [0.05, 0.1) is 25.4 Å². The van der Waals surface area contributed by atoms with Crippen LogP contribution in [0.5, 0.6) is 0 Å². The first-order valence-electron chi connectivity index (χ1n) is 33.3. The molecule has 0 bridgehead atoms. The van der Waals surface area contributed by atoms with E-state index in [1.807, 2.05) is 6.08 Å². The summed E-state index contributed by atoms with van der Waals surface area (Å²) < 4.78 is 17.6. The number of carbonyl (C=O) groups is 2. The molecule has 1 fully saturated rings. The van der Waals surface area contributed by atoms with Crippen molar-refractivity contribution in [1.29, 1.82) is 0 Å². The molecule has 1 heterocycles. The van der Waals surface area contributed by atoms with Crippen LogP contribution in [0.3, 0.4) is 0 Å². The van der Waals surface area contributed by atoms with Crippen molar-refractivity contribution in [3.63, 3.8) is 0 Å². The van der Waals surface area contributed by atoms with Crippen LogP contribution in [0.2, 0.25) is 0 Å². The van der Waals surface area contributed by atoms with Gasteiger partial charge in [0.2, 0.25) is 5.91 Å². The van der Waals surface area contributed by atoms with Crippen LogP contribution in [0.1, 0.15) is 316 Å². The summed E-state index contributed by atoms with van der Waals surface area (Å²) in [5.74, 6) is -1.18. The molecule has 0 aliphatic carbocycles. The average Bonchev–Trinajstić information content (AvgIpc) is 3.45. The normalized spacial score (nSPS) is 19.1.